The van der Waals surface area contributed by atoms with Gasteiger partial charge in [-0.3, -0.25) is 4.79 Å². The van der Waals surface area contributed by atoms with Crippen LogP contribution in [0.4, 0.5) is 0 Å². The summed E-state index contributed by atoms with van der Waals surface area (Å²) in [5.41, 5.74) is 0.981. The van der Waals surface area contributed by atoms with Crippen molar-refractivity contribution in [1.82, 2.24) is 9.88 Å². The molecule has 22 heavy (non-hydrogen) atoms. The van der Waals surface area contributed by atoms with Crippen LogP contribution in [0.1, 0.15) is 18.9 Å². The first-order valence-electron chi connectivity index (χ1n) is 7.40. The Bertz CT molecular complexity index is 594. The normalized spacial score (nSPS) is 10.3. The topological polar surface area (TPSA) is 52.5 Å². The van der Waals surface area contributed by atoms with Crippen molar-refractivity contribution in [1.29, 1.82) is 0 Å². The summed E-state index contributed by atoms with van der Waals surface area (Å²) in [6.07, 6.45) is 4.36. The number of ether oxygens (including phenoxy) is 2. The van der Waals surface area contributed by atoms with Gasteiger partial charge in [0.15, 0.2) is 11.5 Å². The highest BCUT2D eigenvalue weighted by molar-refractivity contribution is 5.75. The molecular formula is C17H22N2O3. The zero-order valence-electron chi connectivity index (χ0n) is 13.0. The summed E-state index contributed by atoms with van der Waals surface area (Å²) in [5, 5.41) is 2.92. The molecule has 0 saturated heterocycles. The molecule has 2 aromatic rings. The Morgan fingerprint density at radius 2 is 2.00 bits per heavy atom. The van der Waals surface area contributed by atoms with Gasteiger partial charge in [0.1, 0.15) is 0 Å². The number of carbonyl (C=O) groups is 1. The van der Waals surface area contributed by atoms with Gasteiger partial charge >= 0.3 is 0 Å². The largest absolute Gasteiger partial charge is 0.493 e. The highest BCUT2D eigenvalue weighted by Crippen LogP contribution is 2.27. The lowest BCUT2D eigenvalue weighted by atomic mass is 10.2. The zero-order chi connectivity index (χ0) is 15.8. The highest BCUT2D eigenvalue weighted by Gasteiger charge is 2.07. The summed E-state index contributed by atoms with van der Waals surface area (Å²) in [6, 6.07) is 9.58. The van der Waals surface area contributed by atoms with Crippen LogP contribution in [0.2, 0.25) is 0 Å². The molecule has 5 heteroatoms. The van der Waals surface area contributed by atoms with Crippen LogP contribution >= 0.6 is 0 Å². The Morgan fingerprint density at radius 3 is 2.68 bits per heavy atom. The number of benzene rings is 1. The van der Waals surface area contributed by atoms with Gasteiger partial charge in [-0.05, 0) is 36.8 Å². The molecule has 1 amide bonds. The van der Waals surface area contributed by atoms with Crippen molar-refractivity contribution in [2.24, 2.45) is 0 Å². The molecule has 0 saturated carbocycles. The molecule has 1 aromatic heterocycles. The molecule has 0 atom stereocenters. The minimum atomic E-state index is 0.0292. The lowest BCUT2D eigenvalue weighted by Crippen LogP contribution is -2.23. The Hall–Kier alpha value is -2.43. The van der Waals surface area contributed by atoms with E-state index in [4.69, 9.17) is 9.47 Å². The number of nitrogens with one attached hydrogen (secondary N) is 1. The molecule has 118 valence electrons. The number of rotatable bonds is 8. The Kier molecular flexibility index (Phi) is 5.89. The lowest BCUT2D eigenvalue weighted by molar-refractivity contribution is -0.121. The second-order valence-corrected chi connectivity index (χ2v) is 4.87. The third kappa shape index (κ3) is 4.55. The molecule has 0 spiro atoms. The van der Waals surface area contributed by atoms with E-state index in [1.807, 2.05) is 54.2 Å². The maximum Gasteiger partial charge on any atom is 0.222 e. The molecular weight excluding hydrogens is 280 g/mol. The summed E-state index contributed by atoms with van der Waals surface area (Å²) < 4.78 is 12.8. The lowest BCUT2D eigenvalue weighted by Gasteiger charge is -2.11. The van der Waals surface area contributed by atoms with Gasteiger partial charge in [0.25, 0.3) is 0 Å². The predicted molar refractivity (Wildman–Crippen MR) is 85.1 cm³/mol. The smallest absolute Gasteiger partial charge is 0.222 e. The Morgan fingerprint density at radius 1 is 1.23 bits per heavy atom. The molecule has 1 heterocycles. The van der Waals surface area contributed by atoms with E-state index in [-0.39, 0.29) is 5.91 Å². The van der Waals surface area contributed by atoms with Crippen molar-refractivity contribution < 1.29 is 14.3 Å². The van der Waals surface area contributed by atoms with E-state index in [9.17, 15) is 4.79 Å². The van der Waals surface area contributed by atoms with Crippen LogP contribution in [-0.2, 0) is 17.9 Å². The van der Waals surface area contributed by atoms with Gasteiger partial charge in [-0.1, -0.05) is 6.07 Å². The van der Waals surface area contributed by atoms with Gasteiger partial charge in [-0.25, -0.2) is 0 Å². The fraction of sp³-hybridized carbons (Fsp3) is 0.353. The van der Waals surface area contributed by atoms with E-state index < -0.39 is 0 Å². The third-order valence-corrected chi connectivity index (χ3v) is 3.28. The average molecular weight is 302 g/mol. The Balaban J connectivity index is 1.84. The van der Waals surface area contributed by atoms with E-state index in [1.54, 1.807) is 7.11 Å². The molecule has 2 rings (SSSR count). The highest BCUT2D eigenvalue weighted by atomic mass is 16.5. The molecule has 0 bridgehead atoms. The van der Waals surface area contributed by atoms with Crippen molar-refractivity contribution in [2.75, 3.05) is 13.7 Å². The number of aromatic nitrogens is 1. The summed E-state index contributed by atoms with van der Waals surface area (Å²) in [5.74, 6) is 1.43. The summed E-state index contributed by atoms with van der Waals surface area (Å²) >= 11 is 0. The van der Waals surface area contributed by atoms with Crippen molar-refractivity contribution >= 4 is 5.91 Å². The van der Waals surface area contributed by atoms with Crippen LogP contribution in [0, 0.1) is 0 Å². The first kappa shape index (κ1) is 15.9. The SMILES string of the molecule is CCOc1ccc(CNC(=O)CCn2cccc2)cc1OC. The summed E-state index contributed by atoms with van der Waals surface area (Å²) in [6.45, 7) is 3.68. The fourth-order valence-electron chi connectivity index (χ4n) is 2.14. The minimum absolute atomic E-state index is 0.0292. The van der Waals surface area contributed by atoms with E-state index >= 15 is 0 Å². The van der Waals surface area contributed by atoms with Crippen LogP contribution < -0.4 is 14.8 Å². The van der Waals surface area contributed by atoms with Crippen molar-refractivity contribution in [2.45, 2.75) is 26.4 Å². The van der Waals surface area contributed by atoms with Crippen LogP contribution in [0.25, 0.3) is 0 Å². The number of hydrogen-bond acceptors (Lipinski definition) is 3. The number of methoxy groups -OCH3 is 1. The van der Waals surface area contributed by atoms with Crippen molar-refractivity contribution in [3.05, 3.63) is 48.3 Å². The minimum Gasteiger partial charge on any atom is -0.493 e. The maximum absolute atomic E-state index is 11.9. The van der Waals surface area contributed by atoms with Crippen LogP contribution in [0.15, 0.2) is 42.7 Å². The van der Waals surface area contributed by atoms with Gasteiger partial charge in [0, 0.05) is 31.9 Å². The van der Waals surface area contributed by atoms with Gasteiger partial charge in [0.2, 0.25) is 5.91 Å². The van der Waals surface area contributed by atoms with Crippen LogP contribution in [0.5, 0.6) is 11.5 Å². The maximum atomic E-state index is 11.9. The van der Waals surface area contributed by atoms with Gasteiger partial charge in [0.05, 0.1) is 13.7 Å². The molecule has 0 fully saturated rings. The monoisotopic (exact) mass is 302 g/mol. The van der Waals surface area contributed by atoms with E-state index in [1.165, 1.54) is 0 Å². The van der Waals surface area contributed by atoms with Gasteiger partial charge < -0.3 is 19.4 Å². The van der Waals surface area contributed by atoms with E-state index in [2.05, 4.69) is 5.32 Å². The fourth-order valence-corrected chi connectivity index (χ4v) is 2.14. The first-order chi connectivity index (χ1) is 10.7. The van der Waals surface area contributed by atoms with Crippen molar-refractivity contribution in [3.8, 4) is 11.5 Å². The average Bonchev–Trinajstić information content (AvgIpc) is 3.05. The zero-order valence-corrected chi connectivity index (χ0v) is 13.0. The second kappa shape index (κ2) is 8.12. The number of amides is 1. The number of aryl methyl sites for hydroxylation is 1. The molecule has 1 aromatic carbocycles. The van der Waals surface area contributed by atoms with E-state index in [0.717, 1.165) is 5.56 Å². The molecule has 0 radical (unpaired) electrons. The number of carbonyl (C=O) groups excluding carboxylic acids is 1. The predicted octanol–water partition coefficient (Wildman–Crippen LogP) is 2.60. The van der Waals surface area contributed by atoms with E-state index in [0.29, 0.717) is 37.6 Å². The third-order valence-electron chi connectivity index (χ3n) is 3.28. The molecule has 0 aliphatic heterocycles. The summed E-state index contributed by atoms with van der Waals surface area (Å²) in [7, 11) is 1.61. The van der Waals surface area contributed by atoms with Crippen LogP contribution in [-0.4, -0.2) is 24.2 Å². The van der Waals surface area contributed by atoms with Crippen LogP contribution in [0.3, 0.4) is 0 Å². The van der Waals surface area contributed by atoms with Gasteiger partial charge in [-0.15, -0.1) is 0 Å². The standard InChI is InChI=1S/C17H22N2O3/c1-3-22-15-7-6-14(12-16(15)21-2)13-18-17(20)8-11-19-9-4-5-10-19/h4-7,9-10,12H,3,8,11,13H2,1-2H3,(H,18,20). The molecule has 0 aliphatic carbocycles. The Labute approximate surface area is 130 Å². The number of nitrogens with zero attached hydrogens (tertiary/aromatic N) is 1. The quantitative estimate of drug-likeness (QED) is 0.815. The summed E-state index contributed by atoms with van der Waals surface area (Å²) in [4.78, 5) is 11.9. The molecule has 0 unspecified atom stereocenters. The molecule has 5 nitrogen and oxygen atoms in total. The number of hydrogen-bond donors (Lipinski definition) is 1. The molecule has 0 aliphatic rings. The van der Waals surface area contributed by atoms with Gasteiger partial charge in [-0.2, -0.15) is 0 Å². The van der Waals surface area contributed by atoms with Crippen molar-refractivity contribution in [3.63, 3.8) is 0 Å². The second-order valence-electron chi connectivity index (χ2n) is 4.87. The molecule has 1 N–H and O–H groups in total. The first-order valence-corrected chi connectivity index (χ1v) is 7.40.